The lowest BCUT2D eigenvalue weighted by molar-refractivity contribution is 0.266. The SMILES string of the molecule is c1ccc(-c2c(-c3ccc(N(c4ccccc4)C45CC6CC(CC4C6)C5)cc3)ccc3ccccc23)cc1. The third-order valence-electron chi connectivity index (χ3n) is 9.83. The van der Waals surface area contributed by atoms with Gasteiger partial charge in [-0.15, -0.1) is 0 Å². The van der Waals surface area contributed by atoms with E-state index in [1.54, 1.807) is 0 Å². The predicted molar refractivity (Wildman–Crippen MR) is 160 cm³/mol. The number of fused-ring (bicyclic) bond motifs is 1. The lowest BCUT2D eigenvalue weighted by Crippen LogP contribution is -2.47. The summed E-state index contributed by atoms with van der Waals surface area (Å²) in [5, 5.41) is 2.59. The molecule has 1 nitrogen and oxygen atoms in total. The highest BCUT2D eigenvalue weighted by Crippen LogP contribution is 2.64. The number of anilines is 2. The molecule has 0 heterocycles. The van der Waals surface area contributed by atoms with Gasteiger partial charge in [0.1, 0.15) is 0 Å². The average Bonchev–Trinajstić information content (AvgIpc) is 3.37. The second-order valence-electron chi connectivity index (χ2n) is 11.9. The molecular weight excluding hydrogens is 458 g/mol. The van der Waals surface area contributed by atoms with E-state index in [0.29, 0.717) is 0 Å². The van der Waals surface area contributed by atoms with Gasteiger partial charge >= 0.3 is 0 Å². The summed E-state index contributed by atoms with van der Waals surface area (Å²) in [5.41, 5.74) is 8.15. The molecule has 4 aliphatic rings. The molecule has 5 aromatic carbocycles. The molecule has 0 spiro atoms. The Bertz CT molecular complexity index is 1590. The largest absolute Gasteiger partial charge is 0.335 e. The molecule has 0 N–H and O–H groups in total. The van der Waals surface area contributed by atoms with Crippen molar-refractivity contribution in [3.8, 4) is 22.3 Å². The highest BCUT2D eigenvalue weighted by molar-refractivity contribution is 6.04. The third-order valence-corrected chi connectivity index (χ3v) is 9.83. The summed E-state index contributed by atoms with van der Waals surface area (Å²) in [6, 6.07) is 44.9. The Morgan fingerprint density at radius 1 is 0.526 bits per heavy atom. The lowest BCUT2D eigenvalue weighted by Gasteiger charge is -2.45. The van der Waals surface area contributed by atoms with Crippen molar-refractivity contribution in [2.75, 3.05) is 4.90 Å². The molecule has 9 rings (SSSR count). The topological polar surface area (TPSA) is 3.24 Å². The van der Waals surface area contributed by atoms with Gasteiger partial charge in [0, 0.05) is 16.9 Å². The van der Waals surface area contributed by atoms with Crippen LogP contribution in [0.1, 0.15) is 32.1 Å². The number of nitrogens with zero attached hydrogens (tertiary/aromatic N) is 1. The predicted octanol–water partition coefficient (Wildman–Crippen LogP) is 9.89. The Hall–Kier alpha value is -3.84. The molecule has 4 saturated carbocycles. The molecule has 4 fully saturated rings. The van der Waals surface area contributed by atoms with E-state index < -0.39 is 0 Å². The summed E-state index contributed by atoms with van der Waals surface area (Å²) < 4.78 is 0. The van der Waals surface area contributed by atoms with Crippen LogP contribution in [0.4, 0.5) is 11.4 Å². The molecule has 0 radical (unpaired) electrons. The first-order chi connectivity index (χ1) is 18.8. The average molecular weight is 492 g/mol. The monoisotopic (exact) mass is 491 g/mol. The van der Waals surface area contributed by atoms with Gasteiger partial charge in [-0.1, -0.05) is 97.1 Å². The number of hydrogen-bond acceptors (Lipinski definition) is 1. The van der Waals surface area contributed by atoms with Crippen molar-refractivity contribution in [3.63, 3.8) is 0 Å². The van der Waals surface area contributed by atoms with Crippen LogP contribution in [0.5, 0.6) is 0 Å². The molecule has 38 heavy (non-hydrogen) atoms. The van der Waals surface area contributed by atoms with Crippen LogP contribution in [0.15, 0.2) is 121 Å². The minimum atomic E-state index is 0.286. The van der Waals surface area contributed by atoms with E-state index in [-0.39, 0.29) is 5.54 Å². The van der Waals surface area contributed by atoms with Gasteiger partial charge in [-0.05, 0) is 107 Å². The summed E-state index contributed by atoms with van der Waals surface area (Å²) in [6.07, 6.45) is 7.02. The van der Waals surface area contributed by atoms with Crippen LogP contribution >= 0.6 is 0 Å². The fourth-order valence-electron chi connectivity index (χ4n) is 8.58. The van der Waals surface area contributed by atoms with Crippen LogP contribution < -0.4 is 4.90 Å². The van der Waals surface area contributed by atoms with Crippen LogP contribution in [0, 0.1) is 17.8 Å². The Balaban J connectivity index is 1.25. The molecule has 0 saturated heterocycles. The quantitative estimate of drug-likeness (QED) is 0.236. The van der Waals surface area contributed by atoms with Gasteiger partial charge in [0.15, 0.2) is 0 Å². The third kappa shape index (κ3) is 3.38. The maximum atomic E-state index is 2.75. The maximum absolute atomic E-state index is 2.75. The minimum Gasteiger partial charge on any atom is -0.335 e. The van der Waals surface area contributed by atoms with E-state index in [9.17, 15) is 0 Å². The molecule has 0 aromatic heterocycles. The lowest BCUT2D eigenvalue weighted by atomic mass is 9.79. The van der Waals surface area contributed by atoms with E-state index in [4.69, 9.17) is 0 Å². The van der Waals surface area contributed by atoms with E-state index in [0.717, 1.165) is 17.8 Å². The summed E-state index contributed by atoms with van der Waals surface area (Å²) in [7, 11) is 0. The van der Waals surface area contributed by atoms with E-state index in [2.05, 4.69) is 126 Å². The molecule has 2 unspecified atom stereocenters. The normalized spacial score (nSPS) is 25.2. The first kappa shape index (κ1) is 22.2. The summed E-state index contributed by atoms with van der Waals surface area (Å²) in [4.78, 5) is 2.75. The van der Waals surface area contributed by atoms with Gasteiger partial charge in [0.25, 0.3) is 0 Å². The minimum absolute atomic E-state index is 0.286. The van der Waals surface area contributed by atoms with Crippen molar-refractivity contribution < 1.29 is 0 Å². The van der Waals surface area contributed by atoms with Crippen LogP contribution in [0.2, 0.25) is 0 Å². The van der Waals surface area contributed by atoms with E-state index in [1.165, 1.54) is 76.5 Å². The first-order valence-electron chi connectivity index (χ1n) is 14.3. The molecule has 186 valence electrons. The summed E-state index contributed by atoms with van der Waals surface area (Å²) >= 11 is 0. The molecular formula is C37H33N. The maximum Gasteiger partial charge on any atom is 0.0485 e. The van der Waals surface area contributed by atoms with Gasteiger partial charge < -0.3 is 4.90 Å². The van der Waals surface area contributed by atoms with Gasteiger partial charge in [-0.3, -0.25) is 0 Å². The van der Waals surface area contributed by atoms with Crippen molar-refractivity contribution in [1.82, 2.24) is 0 Å². The van der Waals surface area contributed by atoms with Crippen molar-refractivity contribution in [2.24, 2.45) is 17.8 Å². The van der Waals surface area contributed by atoms with Crippen LogP contribution in [-0.4, -0.2) is 5.54 Å². The number of hydrogen-bond donors (Lipinski definition) is 0. The van der Waals surface area contributed by atoms with Crippen molar-refractivity contribution in [1.29, 1.82) is 0 Å². The highest BCUT2D eigenvalue weighted by Gasteiger charge is 2.60. The van der Waals surface area contributed by atoms with Crippen LogP contribution in [-0.2, 0) is 0 Å². The molecule has 2 atom stereocenters. The zero-order valence-electron chi connectivity index (χ0n) is 21.8. The number of rotatable bonds is 5. The molecule has 5 aromatic rings. The zero-order chi connectivity index (χ0) is 25.1. The van der Waals surface area contributed by atoms with Crippen molar-refractivity contribution in [3.05, 3.63) is 121 Å². The first-order valence-corrected chi connectivity index (χ1v) is 14.3. The summed E-state index contributed by atoms with van der Waals surface area (Å²) in [6.45, 7) is 0. The Kier molecular flexibility index (Phi) is 5.02. The van der Waals surface area contributed by atoms with Gasteiger partial charge in [0.05, 0.1) is 0 Å². The van der Waals surface area contributed by atoms with E-state index in [1.807, 2.05) is 0 Å². The Morgan fingerprint density at radius 3 is 1.89 bits per heavy atom. The summed E-state index contributed by atoms with van der Waals surface area (Å²) in [5.74, 6) is 2.67. The second-order valence-corrected chi connectivity index (χ2v) is 11.9. The molecule has 4 bridgehead atoms. The van der Waals surface area contributed by atoms with Gasteiger partial charge in [-0.2, -0.15) is 0 Å². The second kappa shape index (κ2) is 8.60. The van der Waals surface area contributed by atoms with E-state index >= 15 is 0 Å². The van der Waals surface area contributed by atoms with Gasteiger partial charge in [0.2, 0.25) is 0 Å². The molecule has 0 aliphatic heterocycles. The number of benzene rings is 5. The van der Waals surface area contributed by atoms with Gasteiger partial charge in [-0.25, -0.2) is 0 Å². The zero-order valence-corrected chi connectivity index (χ0v) is 21.8. The molecule has 4 aliphatic carbocycles. The smallest absolute Gasteiger partial charge is 0.0485 e. The van der Waals surface area contributed by atoms with Crippen LogP contribution in [0.3, 0.4) is 0 Å². The molecule has 0 amide bonds. The fourth-order valence-corrected chi connectivity index (χ4v) is 8.58. The highest BCUT2D eigenvalue weighted by atomic mass is 15.2. The standard InChI is InChI=1S/C37H33N/c1-3-10-30(11-4-1)36-34-14-8-7-9-28(34)17-20-35(36)29-15-18-33(19-16-29)38(32-12-5-2-6-13-32)37-24-26-21-27(25-37)23-31(37)22-26/h1-20,26-27,31H,21-25H2. The van der Waals surface area contributed by atoms with Crippen molar-refractivity contribution in [2.45, 2.75) is 37.6 Å². The Morgan fingerprint density at radius 2 is 1.16 bits per heavy atom. The van der Waals surface area contributed by atoms with Crippen molar-refractivity contribution >= 4 is 22.1 Å². The Labute approximate surface area is 225 Å². The van der Waals surface area contributed by atoms with Crippen LogP contribution in [0.25, 0.3) is 33.0 Å². The molecule has 1 heteroatoms. The fraction of sp³-hybridized carbons (Fsp3) is 0.243. The number of para-hydroxylation sites is 1.